The van der Waals surface area contributed by atoms with Crippen molar-refractivity contribution in [2.45, 2.75) is 0 Å². The first-order chi connectivity index (χ1) is 7.24. The normalized spacial score (nSPS) is 14.6. The van der Waals surface area contributed by atoms with E-state index in [0.717, 1.165) is 5.56 Å². The minimum absolute atomic E-state index is 0.343. The van der Waals surface area contributed by atoms with Gasteiger partial charge in [-0.15, -0.1) is 0 Å². The lowest BCUT2D eigenvalue weighted by molar-refractivity contribution is -0.112. The van der Waals surface area contributed by atoms with Gasteiger partial charge in [0.05, 0.1) is 11.2 Å². The number of ketones is 2. The Kier molecular flexibility index (Phi) is 2.68. The Hall–Kier alpha value is -1.42. The van der Waals surface area contributed by atoms with Crippen LogP contribution in [0.1, 0.15) is 15.9 Å². The summed E-state index contributed by atoms with van der Waals surface area (Å²) in [6.07, 6.45) is 1.69. The van der Waals surface area contributed by atoms with Gasteiger partial charge in [-0.2, -0.15) is 0 Å². The minimum atomic E-state index is -0.479. The van der Waals surface area contributed by atoms with Gasteiger partial charge in [-0.05, 0) is 11.6 Å². The number of nitrogens with one attached hydrogen (secondary N) is 1. The molecule has 0 radical (unpaired) electrons. The van der Waals surface area contributed by atoms with Crippen LogP contribution < -0.4 is 5.32 Å². The predicted octanol–water partition coefficient (Wildman–Crippen LogP) is 1.73. The van der Waals surface area contributed by atoms with Gasteiger partial charge >= 0.3 is 0 Å². The number of hydrogen-bond donors (Lipinski definition) is 1. The molecule has 0 unspecified atom stereocenters. The van der Waals surface area contributed by atoms with E-state index in [2.05, 4.69) is 21.2 Å². The van der Waals surface area contributed by atoms with E-state index >= 15 is 0 Å². The van der Waals surface area contributed by atoms with Crippen molar-refractivity contribution >= 4 is 33.6 Å². The summed E-state index contributed by atoms with van der Waals surface area (Å²) in [6.45, 7) is 0. The summed E-state index contributed by atoms with van der Waals surface area (Å²) < 4.78 is 0. The lowest BCUT2D eigenvalue weighted by Gasteiger charge is -2.14. The molecule has 1 aromatic carbocycles. The van der Waals surface area contributed by atoms with Crippen molar-refractivity contribution in [3.8, 4) is 0 Å². The number of carbonyl (C=O) groups excluding carboxylic acids is 2. The molecule has 1 aliphatic carbocycles. The third-order valence-corrected chi connectivity index (χ3v) is 2.49. The second-order valence-electron chi connectivity index (χ2n) is 3.11. The summed E-state index contributed by atoms with van der Waals surface area (Å²) in [4.78, 5) is 23.2. The van der Waals surface area contributed by atoms with Gasteiger partial charge < -0.3 is 5.32 Å². The largest absolute Gasteiger partial charge is 0.372 e. The standard InChI is InChI=1S/C11H8BrNO2/c12-6-13-9-5-7-3-1-2-4-8(7)10(14)11(9)15/h1-5,13H,6H2. The maximum atomic E-state index is 11.7. The highest BCUT2D eigenvalue weighted by Crippen LogP contribution is 2.20. The van der Waals surface area contributed by atoms with E-state index in [0.29, 0.717) is 16.7 Å². The Bertz CT molecular complexity index is 465. The van der Waals surface area contributed by atoms with E-state index in [-0.39, 0.29) is 0 Å². The molecule has 0 aromatic heterocycles. The summed E-state index contributed by atoms with van der Waals surface area (Å²) in [5.41, 5.74) is 2.05. The zero-order valence-electron chi connectivity index (χ0n) is 7.79. The van der Waals surface area contributed by atoms with E-state index in [1.807, 2.05) is 12.1 Å². The molecule has 0 bridgehead atoms. The van der Waals surface area contributed by atoms with Crippen LogP contribution in [0.3, 0.4) is 0 Å². The molecule has 0 heterocycles. The summed E-state index contributed by atoms with van der Waals surface area (Å²) >= 11 is 3.16. The lowest BCUT2D eigenvalue weighted by atomic mass is 9.93. The number of allylic oxidation sites excluding steroid dienone is 1. The fourth-order valence-corrected chi connectivity index (χ4v) is 1.80. The molecule has 1 N–H and O–H groups in total. The van der Waals surface area contributed by atoms with Crippen molar-refractivity contribution in [2.24, 2.45) is 0 Å². The van der Waals surface area contributed by atoms with Crippen LogP contribution in [0.5, 0.6) is 0 Å². The molecule has 76 valence electrons. The van der Waals surface area contributed by atoms with E-state index in [1.54, 1.807) is 18.2 Å². The van der Waals surface area contributed by atoms with Crippen molar-refractivity contribution in [3.63, 3.8) is 0 Å². The Balaban J connectivity index is 2.52. The Morgan fingerprint density at radius 3 is 2.60 bits per heavy atom. The summed E-state index contributed by atoms with van der Waals surface area (Å²) in [7, 11) is 0. The van der Waals surface area contributed by atoms with Crippen LogP contribution in [0.4, 0.5) is 0 Å². The molecule has 0 spiro atoms. The molecule has 4 heteroatoms. The molecule has 0 saturated carbocycles. The minimum Gasteiger partial charge on any atom is -0.372 e. The number of benzene rings is 1. The fourth-order valence-electron chi connectivity index (χ4n) is 1.50. The van der Waals surface area contributed by atoms with Gasteiger partial charge in [-0.1, -0.05) is 40.2 Å². The van der Waals surface area contributed by atoms with Crippen LogP contribution in [-0.4, -0.2) is 17.0 Å². The van der Waals surface area contributed by atoms with Crippen LogP contribution >= 0.6 is 15.9 Å². The number of halogens is 1. The molecule has 1 aromatic rings. The maximum absolute atomic E-state index is 11.7. The van der Waals surface area contributed by atoms with E-state index < -0.39 is 11.6 Å². The van der Waals surface area contributed by atoms with Crippen molar-refractivity contribution < 1.29 is 9.59 Å². The first kappa shape index (κ1) is 10.1. The van der Waals surface area contributed by atoms with E-state index in [1.165, 1.54) is 0 Å². The molecule has 0 saturated heterocycles. The van der Waals surface area contributed by atoms with Gasteiger partial charge in [0.25, 0.3) is 0 Å². The molecule has 0 amide bonds. The highest BCUT2D eigenvalue weighted by molar-refractivity contribution is 9.09. The third kappa shape index (κ3) is 1.72. The highest BCUT2D eigenvalue weighted by Gasteiger charge is 2.26. The highest BCUT2D eigenvalue weighted by atomic mass is 79.9. The number of rotatable bonds is 2. The summed E-state index contributed by atoms with van der Waals surface area (Å²) in [5, 5.41) is 2.81. The first-order valence-electron chi connectivity index (χ1n) is 4.43. The summed E-state index contributed by atoms with van der Waals surface area (Å²) in [5.74, 6) is -0.926. The van der Waals surface area contributed by atoms with Crippen LogP contribution in [0.2, 0.25) is 0 Å². The molecule has 15 heavy (non-hydrogen) atoms. The molecule has 0 atom stereocenters. The topological polar surface area (TPSA) is 46.2 Å². The smallest absolute Gasteiger partial charge is 0.249 e. The van der Waals surface area contributed by atoms with Crippen LogP contribution in [0.15, 0.2) is 30.0 Å². The third-order valence-electron chi connectivity index (χ3n) is 2.21. The number of hydrogen-bond acceptors (Lipinski definition) is 3. The van der Waals surface area contributed by atoms with Gasteiger partial charge in [0.1, 0.15) is 0 Å². The second kappa shape index (κ2) is 3.98. The number of Topliss-reactive ketones (excluding diaryl/α,β-unsaturated/α-hetero) is 2. The van der Waals surface area contributed by atoms with Crippen molar-refractivity contribution in [3.05, 3.63) is 41.1 Å². The Labute approximate surface area is 95.3 Å². The van der Waals surface area contributed by atoms with Crippen LogP contribution in [0.25, 0.3) is 6.08 Å². The van der Waals surface area contributed by atoms with E-state index in [4.69, 9.17) is 0 Å². The molecule has 0 fully saturated rings. The van der Waals surface area contributed by atoms with Crippen molar-refractivity contribution in [1.29, 1.82) is 0 Å². The molecule has 0 aliphatic heterocycles. The van der Waals surface area contributed by atoms with Crippen molar-refractivity contribution in [1.82, 2.24) is 5.32 Å². The number of carbonyl (C=O) groups is 2. The Morgan fingerprint density at radius 2 is 1.87 bits per heavy atom. The average Bonchev–Trinajstić information content (AvgIpc) is 2.26. The molecular weight excluding hydrogens is 258 g/mol. The van der Waals surface area contributed by atoms with Gasteiger partial charge in [0.2, 0.25) is 11.6 Å². The lowest BCUT2D eigenvalue weighted by Crippen LogP contribution is -2.28. The van der Waals surface area contributed by atoms with Gasteiger partial charge in [-0.25, -0.2) is 0 Å². The van der Waals surface area contributed by atoms with Gasteiger partial charge in [0, 0.05) is 5.56 Å². The zero-order chi connectivity index (χ0) is 10.8. The molecular formula is C11H8BrNO2. The maximum Gasteiger partial charge on any atom is 0.249 e. The fraction of sp³-hybridized carbons (Fsp3) is 0.0909. The molecule has 1 aliphatic rings. The number of fused-ring (bicyclic) bond motifs is 1. The summed E-state index contributed by atoms with van der Waals surface area (Å²) in [6, 6.07) is 7.07. The predicted molar refractivity (Wildman–Crippen MR) is 60.7 cm³/mol. The first-order valence-corrected chi connectivity index (χ1v) is 5.56. The van der Waals surface area contributed by atoms with Gasteiger partial charge in [0.15, 0.2) is 0 Å². The monoisotopic (exact) mass is 265 g/mol. The van der Waals surface area contributed by atoms with Gasteiger partial charge in [-0.3, -0.25) is 9.59 Å². The Morgan fingerprint density at radius 1 is 1.13 bits per heavy atom. The quantitative estimate of drug-likeness (QED) is 0.504. The molecule has 2 rings (SSSR count). The second-order valence-corrected chi connectivity index (χ2v) is 3.67. The van der Waals surface area contributed by atoms with Crippen LogP contribution in [0, 0.1) is 0 Å². The SMILES string of the molecule is O=C1C(=O)c2ccccc2C=C1NCBr. The van der Waals surface area contributed by atoms with Crippen LogP contribution in [-0.2, 0) is 4.79 Å². The number of alkyl halides is 1. The van der Waals surface area contributed by atoms with E-state index in [9.17, 15) is 9.59 Å². The zero-order valence-corrected chi connectivity index (χ0v) is 9.37. The average molecular weight is 266 g/mol. The van der Waals surface area contributed by atoms with Crippen molar-refractivity contribution in [2.75, 3.05) is 5.45 Å². The molecule has 3 nitrogen and oxygen atoms in total.